The highest BCUT2D eigenvalue weighted by Gasteiger charge is 2.35. The molecule has 0 N–H and O–H groups in total. The average molecular weight is 238 g/mol. The minimum Gasteiger partial charge on any atom is -0.446 e. The molecule has 0 fully saturated rings. The number of ether oxygens (including phenoxy) is 1. The minimum atomic E-state index is -1.30. The topological polar surface area (TPSA) is 89.8 Å². The molecule has 0 atom stereocenters. The molecule has 90 valence electrons. The van der Waals surface area contributed by atoms with Gasteiger partial charge in [0.1, 0.15) is 0 Å². The van der Waals surface area contributed by atoms with Gasteiger partial charge in [-0.15, -0.1) is 0 Å². The fourth-order valence-electron chi connectivity index (χ4n) is 1.11. The van der Waals surface area contributed by atoms with Gasteiger partial charge >= 0.3 is 12.0 Å². The molecule has 1 aromatic rings. The van der Waals surface area contributed by atoms with E-state index in [2.05, 4.69) is 4.74 Å². The maximum absolute atomic E-state index is 11.7. The number of benzene rings is 1. The van der Waals surface area contributed by atoms with Crippen LogP contribution in [0.3, 0.4) is 0 Å². The monoisotopic (exact) mass is 238 g/mol. The van der Waals surface area contributed by atoms with Crippen molar-refractivity contribution in [2.75, 3.05) is 6.61 Å². The predicted octanol–water partition coefficient (Wildman–Crippen LogP) is 1.48. The summed E-state index contributed by atoms with van der Waals surface area (Å²) in [7, 11) is 0. The van der Waals surface area contributed by atoms with Gasteiger partial charge in [0.25, 0.3) is 0 Å². The van der Waals surface area contributed by atoms with Gasteiger partial charge in [0, 0.05) is 5.56 Å². The zero-order valence-electron chi connectivity index (χ0n) is 9.03. The first kappa shape index (κ1) is 12.6. The van der Waals surface area contributed by atoms with E-state index in [-0.39, 0.29) is 17.2 Å². The molecule has 0 spiro atoms. The Hall–Kier alpha value is -2.44. The lowest BCUT2D eigenvalue weighted by molar-refractivity contribution is -0.612. The second-order valence-electron chi connectivity index (χ2n) is 2.92. The molecule has 0 saturated carbocycles. The van der Waals surface area contributed by atoms with E-state index < -0.39 is 17.0 Å². The number of carbonyl (C=O) groups excluding carboxylic acids is 2. The molecule has 1 aromatic carbocycles. The molecule has 0 unspecified atom stereocenters. The third-order valence-corrected chi connectivity index (χ3v) is 1.82. The lowest BCUT2D eigenvalue weighted by Crippen LogP contribution is -2.41. The van der Waals surface area contributed by atoms with Crippen LogP contribution in [0.4, 0.5) is 4.79 Å². The van der Waals surface area contributed by atoms with Crippen LogP contribution in [0.25, 0.3) is 0 Å². The van der Waals surface area contributed by atoms with Crippen molar-refractivity contribution in [2.24, 2.45) is 0 Å². The first-order valence-electron chi connectivity index (χ1n) is 4.78. The third-order valence-electron chi connectivity index (χ3n) is 1.82. The lowest BCUT2D eigenvalue weighted by Gasteiger charge is -2.09. The maximum atomic E-state index is 11.7. The van der Waals surface area contributed by atoms with Gasteiger partial charge in [0.05, 0.1) is 11.6 Å². The Bertz CT molecular complexity index is 432. The number of nitro groups is 1. The molecule has 0 radical (unpaired) electrons. The number of nitrogens with zero attached hydrogens (tertiary/aromatic N) is 2. The van der Waals surface area contributed by atoms with E-state index in [0.29, 0.717) is 0 Å². The number of imide groups is 1. The Morgan fingerprint density at radius 3 is 2.41 bits per heavy atom. The fourth-order valence-corrected chi connectivity index (χ4v) is 1.11. The quantitative estimate of drug-likeness (QED) is 0.587. The highest BCUT2D eigenvalue weighted by molar-refractivity contribution is 6.01. The summed E-state index contributed by atoms with van der Waals surface area (Å²) in [5.74, 6) is -1.03. The first-order chi connectivity index (χ1) is 8.07. The van der Waals surface area contributed by atoms with Crippen LogP contribution in [0.15, 0.2) is 30.3 Å². The van der Waals surface area contributed by atoms with Crippen molar-refractivity contribution in [1.29, 1.82) is 0 Å². The summed E-state index contributed by atoms with van der Waals surface area (Å²) >= 11 is 0. The lowest BCUT2D eigenvalue weighted by atomic mass is 10.2. The number of hydrazine groups is 1. The van der Waals surface area contributed by atoms with E-state index in [1.165, 1.54) is 31.2 Å². The Labute approximate surface area is 96.7 Å². The summed E-state index contributed by atoms with van der Waals surface area (Å²) in [6.07, 6.45) is -1.30. The van der Waals surface area contributed by atoms with Crippen molar-refractivity contribution >= 4 is 12.0 Å². The van der Waals surface area contributed by atoms with Gasteiger partial charge in [0.15, 0.2) is 5.03 Å². The van der Waals surface area contributed by atoms with Crippen molar-refractivity contribution in [1.82, 2.24) is 5.01 Å². The van der Waals surface area contributed by atoms with Gasteiger partial charge in [-0.05, 0) is 19.1 Å². The van der Waals surface area contributed by atoms with E-state index in [1.807, 2.05) is 0 Å². The van der Waals surface area contributed by atoms with Crippen LogP contribution in [0.2, 0.25) is 0 Å². The van der Waals surface area contributed by atoms with Crippen molar-refractivity contribution in [3.8, 4) is 0 Å². The van der Waals surface area contributed by atoms with Gasteiger partial charge in [-0.3, -0.25) is 4.79 Å². The van der Waals surface area contributed by atoms with Gasteiger partial charge in [0.2, 0.25) is 0 Å². The van der Waals surface area contributed by atoms with Crippen molar-refractivity contribution in [2.45, 2.75) is 6.92 Å². The molecule has 17 heavy (non-hydrogen) atoms. The van der Waals surface area contributed by atoms with Gasteiger partial charge in [-0.2, -0.15) is 0 Å². The van der Waals surface area contributed by atoms with Crippen LogP contribution < -0.4 is 0 Å². The van der Waals surface area contributed by atoms with E-state index in [4.69, 9.17) is 0 Å². The molecular formula is C10H10N2O5. The number of amides is 2. The van der Waals surface area contributed by atoms with Gasteiger partial charge in [-0.25, -0.2) is 14.9 Å². The molecule has 0 saturated heterocycles. The minimum absolute atomic E-state index is 0.0391. The molecule has 0 bridgehead atoms. The fraction of sp³-hybridized carbons (Fsp3) is 0.200. The Balaban J connectivity index is 2.97. The number of hydrogen-bond acceptors (Lipinski definition) is 5. The highest BCUT2D eigenvalue weighted by Crippen LogP contribution is 2.06. The zero-order chi connectivity index (χ0) is 12.8. The van der Waals surface area contributed by atoms with E-state index in [0.717, 1.165) is 0 Å². The SMILES string of the molecule is CCOC(=O)N(C(=O)c1ccccc1)[N+](=O)[O-]. The Kier molecular flexibility index (Phi) is 4.15. The average Bonchev–Trinajstić information content (AvgIpc) is 2.30. The van der Waals surface area contributed by atoms with Crippen LogP contribution in [0.5, 0.6) is 0 Å². The van der Waals surface area contributed by atoms with Crippen molar-refractivity contribution in [3.63, 3.8) is 0 Å². The van der Waals surface area contributed by atoms with Gasteiger partial charge in [-0.1, -0.05) is 18.2 Å². The summed E-state index contributed by atoms with van der Waals surface area (Å²) < 4.78 is 4.43. The largest absolute Gasteiger partial charge is 0.476 e. The summed E-state index contributed by atoms with van der Waals surface area (Å²) in [5.41, 5.74) is 0.0391. The molecule has 7 heteroatoms. The van der Waals surface area contributed by atoms with Gasteiger partial charge < -0.3 is 4.74 Å². The molecule has 1 rings (SSSR count). The van der Waals surface area contributed by atoms with Crippen LogP contribution in [-0.2, 0) is 4.74 Å². The highest BCUT2D eigenvalue weighted by atomic mass is 16.7. The second-order valence-corrected chi connectivity index (χ2v) is 2.92. The number of carbonyl (C=O) groups is 2. The van der Waals surface area contributed by atoms with Crippen LogP contribution in [0.1, 0.15) is 17.3 Å². The summed E-state index contributed by atoms with van der Waals surface area (Å²) in [5, 5.41) is 9.38. The van der Waals surface area contributed by atoms with E-state index in [9.17, 15) is 19.7 Å². The van der Waals surface area contributed by atoms with Crippen molar-refractivity contribution in [3.05, 3.63) is 46.0 Å². The Morgan fingerprint density at radius 2 is 1.94 bits per heavy atom. The first-order valence-corrected chi connectivity index (χ1v) is 4.78. The second kappa shape index (κ2) is 5.59. The van der Waals surface area contributed by atoms with E-state index >= 15 is 0 Å². The Morgan fingerprint density at radius 1 is 1.35 bits per heavy atom. The summed E-state index contributed by atoms with van der Waals surface area (Å²) in [6.45, 7) is 1.44. The standard InChI is InChI=1S/C10H10N2O5/c1-2-17-10(14)11(12(15)16)9(13)8-6-4-3-5-7-8/h3-7H,2H2,1H3. The van der Waals surface area contributed by atoms with Crippen LogP contribution in [0, 0.1) is 10.1 Å². The molecule has 0 aromatic heterocycles. The molecule has 7 nitrogen and oxygen atoms in total. The smallest absolute Gasteiger partial charge is 0.446 e. The van der Waals surface area contributed by atoms with Crippen molar-refractivity contribution < 1.29 is 19.4 Å². The summed E-state index contributed by atoms with van der Waals surface area (Å²) in [6, 6.07) is 7.47. The predicted molar refractivity (Wildman–Crippen MR) is 56.6 cm³/mol. The third kappa shape index (κ3) is 3.00. The summed E-state index contributed by atoms with van der Waals surface area (Å²) in [4.78, 5) is 33.6. The van der Waals surface area contributed by atoms with Crippen LogP contribution in [-0.4, -0.2) is 28.6 Å². The normalized spacial score (nSPS) is 9.47. The molecule has 2 amide bonds. The molecule has 0 aliphatic rings. The van der Waals surface area contributed by atoms with E-state index in [1.54, 1.807) is 6.07 Å². The number of rotatable bonds is 3. The molecular weight excluding hydrogens is 228 g/mol. The molecule has 0 aliphatic carbocycles. The maximum Gasteiger partial charge on any atom is 0.476 e. The number of hydrogen-bond donors (Lipinski definition) is 0. The van der Waals surface area contributed by atoms with Crippen LogP contribution >= 0.6 is 0 Å². The molecule has 0 heterocycles. The molecule has 0 aliphatic heterocycles. The zero-order valence-corrected chi connectivity index (χ0v) is 9.03.